The molecule has 14 heavy (non-hydrogen) atoms. The predicted molar refractivity (Wildman–Crippen MR) is 56.0 cm³/mol. The van der Waals surface area contributed by atoms with Crippen LogP contribution < -0.4 is 0 Å². The van der Waals surface area contributed by atoms with Crippen molar-refractivity contribution in [3.63, 3.8) is 0 Å². The van der Waals surface area contributed by atoms with Crippen LogP contribution in [0.4, 0.5) is 0 Å². The third-order valence-electron chi connectivity index (χ3n) is 1.62. The Balaban J connectivity index is -0.000000284. The van der Waals surface area contributed by atoms with Gasteiger partial charge >= 0.3 is 0 Å². The minimum atomic E-state index is 0. The van der Waals surface area contributed by atoms with E-state index in [4.69, 9.17) is 0 Å². The van der Waals surface area contributed by atoms with Gasteiger partial charge in [0, 0.05) is 65.4 Å². The Morgan fingerprint density at radius 1 is 1.07 bits per heavy atom. The van der Waals surface area contributed by atoms with Crippen molar-refractivity contribution in [1.29, 1.82) is 0 Å². The summed E-state index contributed by atoms with van der Waals surface area (Å²) in [6.07, 6.45) is 0. The van der Waals surface area contributed by atoms with Gasteiger partial charge in [0.25, 0.3) is 0 Å². The van der Waals surface area contributed by atoms with Gasteiger partial charge in [-0.1, -0.05) is 19.9 Å². The minimum absolute atomic E-state index is 0. The molecule has 1 aromatic rings. The third kappa shape index (κ3) is 8.59. The maximum atomic E-state index is 3.86. The molecule has 0 nitrogen and oxygen atoms in total. The van der Waals surface area contributed by atoms with Crippen molar-refractivity contribution in [1.82, 2.24) is 0 Å². The fourth-order valence-corrected chi connectivity index (χ4v) is 0.952. The topological polar surface area (TPSA) is 0 Å². The van der Waals surface area contributed by atoms with E-state index in [1.165, 1.54) is 5.56 Å². The Bertz CT molecular complexity index is 219. The van der Waals surface area contributed by atoms with Crippen molar-refractivity contribution in [3.8, 4) is 0 Å². The summed E-state index contributed by atoms with van der Waals surface area (Å²) in [5.41, 5.74) is 2.47. The van der Waals surface area contributed by atoms with Crippen molar-refractivity contribution < 1.29 is 65.4 Å². The van der Waals surface area contributed by atoms with E-state index in [-0.39, 0.29) is 65.4 Å². The first-order valence-electron chi connectivity index (χ1n) is 4.33. The van der Waals surface area contributed by atoms with Gasteiger partial charge in [0.15, 0.2) is 0 Å². The SMILES string of the molecule is [CH2-]C.[CH2-]c1cccc(C(C)C)c1.[Y].[Y]. The van der Waals surface area contributed by atoms with E-state index in [1.807, 2.05) is 6.07 Å². The van der Waals surface area contributed by atoms with Gasteiger partial charge in [0.2, 0.25) is 0 Å². The Morgan fingerprint density at radius 2 is 1.57 bits per heavy atom. The molecule has 0 heterocycles. The number of benzene rings is 1. The summed E-state index contributed by atoms with van der Waals surface area (Å²) in [7, 11) is 0. The average Bonchev–Trinajstić information content (AvgIpc) is 2.08. The summed E-state index contributed by atoms with van der Waals surface area (Å²) in [4.78, 5) is 0. The number of hydrogen-bond acceptors (Lipinski definition) is 0. The molecule has 0 unspecified atom stereocenters. The number of rotatable bonds is 1. The molecule has 74 valence electrons. The molecule has 0 bridgehead atoms. The van der Waals surface area contributed by atoms with E-state index < -0.39 is 0 Å². The standard InChI is InChI=1S/C10H13.C2H5.2Y/c1-8(2)10-6-4-5-9(3)7-10;1-2;;/h4-8H,3H2,1-2H3;1H2,2H3;;/q2*-1;;. The number of hydrogen-bond donors (Lipinski definition) is 0. The molecule has 0 saturated carbocycles. The van der Waals surface area contributed by atoms with Gasteiger partial charge in [-0.3, -0.25) is 0 Å². The van der Waals surface area contributed by atoms with E-state index in [2.05, 4.69) is 45.9 Å². The van der Waals surface area contributed by atoms with E-state index in [9.17, 15) is 0 Å². The molecule has 1 rings (SSSR count). The molecule has 2 radical (unpaired) electrons. The van der Waals surface area contributed by atoms with Crippen LogP contribution in [0.1, 0.15) is 37.8 Å². The fraction of sp³-hybridized carbons (Fsp3) is 0.333. The van der Waals surface area contributed by atoms with E-state index in [0.29, 0.717) is 5.92 Å². The molecule has 0 amide bonds. The zero-order valence-corrected chi connectivity index (χ0v) is 15.1. The summed E-state index contributed by atoms with van der Waals surface area (Å²) < 4.78 is 0. The molecule has 0 saturated heterocycles. The minimum Gasteiger partial charge on any atom is -0.346 e. The van der Waals surface area contributed by atoms with Gasteiger partial charge in [-0.25, -0.2) is 0 Å². The summed E-state index contributed by atoms with van der Waals surface area (Å²) in [5.74, 6) is 0.613. The second-order valence-corrected chi connectivity index (χ2v) is 2.90. The summed E-state index contributed by atoms with van der Waals surface area (Å²) in [6, 6.07) is 8.34. The third-order valence-corrected chi connectivity index (χ3v) is 1.62. The molecule has 0 fully saturated rings. The summed E-state index contributed by atoms with van der Waals surface area (Å²) in [5, 5.41) is 0. The van der Waals surface area contributed by atoms with Gasteiger partial charge in [0.1, 0.15) is 0 Å². The van der Waals surface area contributed by atoms with E-state index in [0.717, 1.165) is 5.56 Å². The van der Waals surface area contributed by atoms with E-state index in [1.54, 1.807) is 6.92 Å². The maximum Gasteiger partial charge on any atom is 0 e. The molecule has 0 N–H and O–H groups in total. The molecule has 0 atom stereocenters. The van der Waals surface area contributed by atoms with Crippen molar-refractivity contribution in [2.24, 2.45) is 0 Å². The predicted octanol–water partition coefficient (Wildman–Crippen LogP) is 3.83. The van der Waals surface area contributed by atoms with Gasteiger partial charge in [-0.15, -0.1) is 11.6 Å². The van der Waals surface area contributed by atoms with Crippen LogP contribution in [0.25, 0.3) is 0 Å². The molecular weight excluding hydrogens is 322 g/mol. The van der Waals surface area contributed by atoms with Gasteiger partial charge in [-0.05, 0) is 5.92 Å². The molecule has 0 aliphatic heterocycles. The second kappa shape index (κ2) is 12.4. The van der Waals surface area contributed by atoms with Crippen LogP contribution in [0.5, 0.6) is 0 Å². The van der Waals surface area contributed by atoms with Crippen LogP contribution in [0.15, 0.2) is 24.3 Å². The first kappa shape index (κ1) is 20.7. The Morgan fingerprint density at radius 3 is 1.86 bits per heavy atom. The Kier molecular flexibility index (Phi) is 18.3. The first-order chi connectivity index (χ1) is 5.70. The van der Waals surface area contributed by atoms with Crippen molar-refractivity contribution in [2.75, 3.05) is 0 Å². The van der Waals surface area contributed by atoms with Crippen LogP contribution in [0, 0.1) is 13.8 Å². The van der Waals surface area contributed by atoms with Gasteiger partial charge in [-0.2, -0.15) is 31.5 Å². The molecule has 0 aliphatic rings. The fourth-order valence-electron chi connectivity index (χ4n) is 0.952. The van der Waals surface area contributed by atoms with Crippen molar-refractivity contribution in [2.45, 2.75) is 26.7 Å². The zero-order valence-electron chi connectivity index (χ0n) is 9.46. The molecule has 1 aromatic carbocycles. The molecule has 2 heteroatoms. The Hall–Kier alpha value is 1.30. The summed E-state index contributed by atoms with van der Waals surface area (Å²) in [6.45, 7) is 13.2. The van der Waals surface area contributed by atoms with Crippen LogP contribution in [0.2, 0.25) is 0 Å². The quantitative estimate of drug-likeness (QED) is 0.682. The van der Waals surface area contributed by atoms with E-state index >= 15 is 0 Å². The molecule has 0 aliphatic carbocycles. The summed E-state index contributed by atoms with van der Waals surface area (Å²) >= 11 is 0. The van der Waals surface area contributed by atoms with Gasteiger partial charge in [0.05, 0.1) is 0 Å². The molecule has 0 spiro atoms. The normalized spacial score (nSPS) is 7.79. The van der Waals surface area contributed by atoms with Crippen LogP contribution >= 0.6 is 0 Å². The first-order valence-corrected chi connectivity index (χ1v) is 4.33. The smallest absolute Gasteiger partial charge is 0 e. The van der Waals surface area contributed by atoms with Crippen LogP contribution in [0.3, 0.4) is 0 Å². The largest absolute Gasteiger partial charge is 0.346 e. The molecular formula is C12H18Y2-2. The van der Waals surface area contributed by atoms with Crippen molar-refractivity contribution >= 4 is 0 Å². The van der Waals surface area contributed by atoms with Crippen LogP contribution in [-0.4, -0.2) is 0 Å². The maximum absolute atomic E-state index is 3.86. The molecule has 0 aromatic heterocycles. The zero-order chi connectivity index (χ0) is 9.56. The Labute approximate surface area is 139 Å². The monoisotopic (exact) mass is 340 g/mol. The van der Waals surface area contributed by atoms with Crippen LogP contribution in [-0.2, 0) is 65.4 Å². The average molecular weight is 340 g/mol. The van der Waals surface area contributed by atoms with Crippen molar-refractivity contribution in [3.05, 3.63) is 49.2 Å². The van der Waals surface area contributed by atoms with Gasteiger partial charge < -0.3 is 6.92 Å². The second-order valence-electron chi connectivity index (χ2n) is 2.90.